The van der Waals surface area contributed by atoms with Crippen LogP contribution in [0.25, 0.3) is 0 Å². The molecule has 1 atom stereocenters. The first-order chi connectivity index (χ1) is 15.2. The van der Waals surface area contributed by atoms with E-state index in [2.05, 4.69) is 22.4 Å². The summed E-state index contributed by atoms with van der Waals surface area (Å²) in [5, 5.41) is 2.93. The SMILES string of the molecule is O=C(NCCCCc1ccccc1)c1cccc(C2OCC(=O)N2c2ccccc2)n1. The average Bonchev–Trinajstić information content (AvgIpc) is 3.21. The summed E-state index contributed by atoms with van der Waals surface area (Å²) < 4.78 is 5.69. The van der Waals surface area contributed by atoms with Crippen molar-refractivity contribution in [2.45, 2.75) is 25.5 Å². The first kappa shape index (κ1) is 20.8. The zero-order valence-corrected chi connectivity index (χ0v) is 17.2. The minimum atomic E-state index is -0.645. The highest BCUT2D eigenvalue weighted by Crippen LogP contribution is 2.31. The second-order valence-corrected chi connectivity index (χ2v) is 7.41. The van der Waals surface area contributed by atoms with Gasteiger partial charge in [0, 0.05) is 12.2 Å². The molecule has 0 radical (unpaired) electrons. The van der Waals surface area contributed by atoms with Gasteiger partial charge in [-0.2, -0.15) is 0 Å². The third kappa shape index (κ3) is 5.16. The van der Waals surface area contributed by atoms with Crippen LogP contribution >= 0.6 is 0 Å². The highest BCUT2D eigenvalue weighted by atomic mass is 16.5. The van der Waals surface area contributed by atoms with Crippen molar-refractivity contribution in [3.05, 3.63) is 95.8 Å². The number of ether oxygens (including phenoxy) is 1. The molecule has 2 aromatic carbocycles. The minimum absolute atomic E-state index is 0.0148. The van der Waals surface area contributed by atoms with E-state index >= 15 is 0 Å². The van der Waals surface area contributed by atoms with E-state index in [0.717, 1.165) is 24.9 Å². The summed E-state index contributed by atoms with van der Waals surface area (Å²) in [5.74, 6) is -0.358. The summed E-state index contributed by atoms with van der Waals surface area (Å²) in [6, 6.07) is 24.9. The molecule has 1 unspecified atom stereocenters. The number of carbonyl (C=O) groups excluding carboxylic acids is 2. The maximum Gasteiger partial charge on any atom is 0.269 e. The number of benzene rings is 2. The quantitative estimate of drug-likeness (QED) is 0.567. The van der Waals surface area contributed by atoms with Gasteiger partial charge in [0.2, 0.25) is 0 Å². The third-order valence-corrected chi connectivity index (χ3v) is 5.18. The number of hydrogen-bond acceptors (Lipinski definition) is 4. The van der Waals surface area contributed by atoms with Crippen molar-refractivity contribution in [2.75, 3.05) is 18.1 Å². The Bertz CT molecular complexity index is 1020. The van der Waals surface area contributed by atoms with E-state index in [0.29, 0.717) is 17.9 Å². The highest BCUT2D eigenvalue weighted by Gasteiger charge is 2.35. The van der Waals surface area contributed by atoms with Gasteiger partial charge in [-0.3, -0.25) is 14.5 Å². The number of aromatic nitrogens is 1. The Morgan fingerprint density at radius 3 is 2.48 bits per heavy atom. The second-order valence-electron chi connectivity index (χ2n) is 7.41. The fourth-order valence-corrected chi connectivity index (χ4v) is 3.62. The molecule has 1 aliphatic heterocycles. The summed E-state index contributed by atoms with van der Waals surface area (Å²) in [4.78, 5) is 31.0. The molecule has 1 aromatic heterocycles. The van der Waals surface area contributed by atoms with Gasteiger partial charge in [0.05, 0.1) is 5.69 Å². The molecule has 3 aromatic rings. The van der Waals surface area contributed by atoms with Gasteiger partial charge in [0.15, 0.2) is 6.23 Å². The van der Waals surface area contributed by atoms with Gasteiger partial charge in [-0.1, -0.05) is 54.6 Å². The molecule has 1 fully saturated rings. The van der Waals surface area contributed by atoms with E-state index in [-0.39, 0.29) is 18.4 Å². The van der Waals surface area contributed by atoms with Crippen molar-refractivity contribution in [1.29, 1.82) is 0 Å². The summed E-state index contributed by atoms with van der Waals surface area (Å²) in [5.41, 5.74) is 2.89. The zero-order chi connectivity index (χ0) is 21.5. The molecule has 0 saturated carbocycles. The van der Waals surface area contributed by atoms with Crippen LogP contribution in [0, 0.1) is 0 Å². The lowest BCUT2D eigenvalue weighted by atomic mass is 10.1. The second kappa shape index (κ2) is 10.00. The molecule has 0 bridgehead atoms. The van der Waals surface area contributed by atoms with Crippen LogP contribution in [0.2, 0.25) is 0 Å². The summed E-state index contributed by atoms with van der Waals surface area (Å²) in [7, 11) is 0. The van der Waals surface area contributed by atoms with Crippen molar-refractivity contribution >= 4 is 17.5 Å². The topological polar surface area (TPSA) is 71.5 Å². The summed E-state index contributed by atoms with van der Waals surface area (Å²) >= 11 is 0. The van der Waals surface area contributed by atoms with Gasteiger partial charge >= 0.3 is 0 Å². The number of aryl methyl sites for hydroxylation is 1. The predicted molar refractivity (Wildman–Crippen MR) is 119 cm³/mol. The fraction of sp³-hybridized carbons (Fsp3) is 0.240. The van der Waals surface area contributed by atoms with Crippen LogP contribution in [-0.4, -0.2) is 29.9 Å². The Balaban J connectivity index is 1.35. The van der Waals surface area contributed by atoms with Gasteiger partial charge in [-0.15, -0.1) is 0 Å². The maximum absolute atomic E-state index is 12.6. The van der Waals surface area contributed by atoms with Gasteiger partial charge in [0.25, 0.3) is 11.8 Å². The average molecular weight is 415 g/mol. The molecule has 2 amide bonds. The molecule has 1 saturated heterocycles. The van der Waals surface area contributed by atoms with E-state index in [1.165, 1.54) is 5.56 Å². The minimum Gasteiger partial charge on any atom is -0.351 e. The molecule has 1 N–H and O–H groups in total. The van der Waals surface area contributed by atoms with E-state index in [1.807, 2.05) is 48.5 Å². The van der Waals surface area contributed by atoms with Crippen molar-refractivity contribution < 1.29 is 14.3 Å². The predicted octanol–water partition coefficient (Wildman–Crippen LogP) is 3.90. The molecule has 6 nitrogen and oxygen atoms in total. The Kier molecular flexibility index (Phi) is 6.69. The lowest BCUT2D eigenvalue weighted by molar-refractivity contribution is -0.117. The number of unbranched alkanes of at least 4 members (excludes halogenated alkanes) is 1. The Hall–Kier alpha value is -3.51. The van der Waals surface area contributed by atoms with Gasteiger partial charge in [-0.05, 0) is 49.1 Å². The van der Waals surface area contributed by atoms with Gasteiger partial charge < -0.3 is 10.1 Å². The molecule has 0 spiro atoms. The molecular weight excluding hydrogens is 390 g/mol. The van der Waals surface area contributed by atoms with E-state index in [9.17, 15) is 9.59 Å². The molecule has 2 heterocycles. The van der Waals surface area contributed by atoms with Crippen LogP contribution in [0.15, 0.2) is 78.9 Å². The lowest BCUT2D eigenvalue weighted by Gasteiger charge is -2.23. The summed E-state index contributed by atoms with van der Waals surface area (Å²) in [6.07, 6.45) is 2.24. The van der Waals surface area contributed by atoms with Crippen LogP contribution in [0.3, 0.4) is 0 Å². The monoisotopic (exact) mass is 415 g/mol. The van der Waals surface area contributed by atoms with Crippen molar-refractivity contribution in [2.24, 2.45) is 0 Å². The first-order valence-electron chi connectivity index (χ1n) is 10.5. The van der Waals surface area contributed by atoms with Crippen molar-refractivity contribution in [3.63, 3.8) is 0 Å². The Labute approximate surface area is 181 Å². The Morgan fingerprint density at radius 2 is 1.71 bits per heavy atom. The number of carbonyl (C=O) groups is 2. The van der Waals surface area contributed by atoms with Crippen molar-refractivity contribution in [3.8, 4) is 0 Å². The standard InChI is InChI=1S/C25H25N3O3/c29-23-18-31-25(28(23)20-13-5-2-6-14-20)22-16-9-15-21(27-22)24(30)26-17-8-7-12-19-10-3-1-4-11-19/h1-6,9-11,13-16,25H,7-8,12,17-18H2,(H,26,30). The molecule has 31 heavy (non-hydrogen) atoms. The number of pyridine rings is 1. The van der Waals surface area contributed by atoms with Gasteiger partial charge in [0.1, 0.15) is 12.3 Å². The first-order valence-corrected chi connectivity index (χ1v) is 10.5. The highest BCUT2D eigenvalue weighted by molar-refractivity contribution is 5.96. The number of para-hydroxylation sites is 1. The molecule has 6 heteroatoms. The number of hydrogen-bond donors (Lipinski definition) is 1. The fourth-order valence-electron chi connectivity index (χ4n) is 3.62. The number of amides is 2. The Morgan fingerprint density at radius 1 is 0.968 bits per heavy atom. The number of rotatable bonds is 8. The lowest BCUT2D eigenvalue weighted by Crippen LogP contribution is -2.30. The third-order valence-electron chi connectivity index (χ3n) is 5.18. The van der Waals surface area contributed by atoms with Crippen molar-refractivity contribution in [1.82, 2.24) is 10.3 Å². The number of nitrogens with one attached hydrogen (secondary N) is 1. The van der Waals surface area contributed by atoms with Crippen LogP contribution in [-0.2, 0) is 16.0 Å². The maximum atomic E-state index is 12.6. The zero-order valence-electron chi connectivity index (χ0n) is 17.2. The normalized spacial score (nSPS) is 15.8. The molecule has 1 aliphatic rings. The van der Waals surface area contributed by atoms with Crippen LogP contribution in [0.5, 0.6) is 0 Å². The molecule has 158 valence electrons. The van der Waals surface area contributed by atoms with E-state index in [1.54, 1.807) is 23.1 Å². The largest absolute Gasteiger partial charge is 0.351 e. The van der Waals surface area contributed by atoms with Crippen LogP contribution < -0.4 is 10.2 Å². The molecule has 4 rings (SSSR count). The van der Waals surface area contributed by atoms with Crippen LogP contribution in [0.1, 0.15) is 40.8 Å². The number of nitrogens with zero attached hydrogens (tertiary/aromatic N) is 2. The van der Waals surface area contributed by atoms with E-state index in [4.69, 9.17) is 4.74 Å². The molecular formula is C25H25N3O3. The van der Waals surface area contributed by atoms with Gasteiger partial charge in [-0.25, -0.2) is 4.98 Å². The van der Waals surface area contributed by atoms with Crippen LogP contribution in [0.4, 0.5) is 5.69 Å². The number of anilines is 1. The summed E-state index contributed by atoms with van der Waals surface area (Å²) in [6.45, 7) is 0.575. The smallest absolute Gasteiger partial charge is 0.269 e. The molecule has 0 aliphatic carbocycles. The van der Waals surface area contributed by atoms with E-state index < -0.39 is 6.23 Å².